The van der Waals surface area contributed by atoms with Crippen molar-refractivity contribution in [2.24, 2.45) is 0 Å². The van der Waals surface area contributed by atoms with Crippen LogP contribution < -0.4 is 24.4 Å². The molecule has 0 radical (unpaired) electrons. The van der Waals surface area contributed by atoms with Gasteiger partial charge in [0, 0.05) is 11.6 Å². The van der Waals surface area contributed by atoms with E-state index in [1.54, 1.807) is 42.5 Å². The maximum atomic E-state index is 13.0. The molecule has 30 heavy (non-hydrogen) atoms. The molecule has 0 aliphatic carbocycles. The predicted molar refractivity (Wildman–Crippen MR) is 111 cm³/mol. The zero-order chi connectivity index (χ0) is 21.7. The molecule has 8 heteroatoms. The molecule has 1 saturated heterocycles. The van der Waals surface area contributed by atoms with Gasteiger partial charge < -0.3 is 14.2 Å². The van der Waals surface area contributed by atoms with Crippen molar-refractivity contribution in [1.29, 1.82) is 0 Å². The van der Waals surface area contributed by atoms with E-state index in [2.05, 4.69) is 5.32 Å². The number of amides is 4. The summed E-state index contributed by atoms with van der Waals surface area (Å²) in [5, 5.41) is 2.20. The van der Waals surface area contributed by atoms with E-state index in [1.165, 1.54) is 13.2 Å². The second-order valence-corrected chi connectivity index (χ2v) is 6.22. The summed E-state index contributed by atoms with van der Waals surface area (Å²) < 4.78 is 16.2. The van der Waals surface area contributed by atoms with Crippen LogP contribution >= 0.6 is 0 Å². The average molecular weight is 410 g/mol. The molecule has 0 atom stereocenters. The van der Waals surface area contributed by atoms with Gasteiger partial charge in [-0.15, -0.1) is 0 Å². The number of imide groups is 2. The minimum Gasteiger partial charge on any atom is -0.497 e. The monoisotopic (exact) mass is 410 g/mol. The number of urea groups is 1. The third kappa shape index (κ3) is 4.27. The molecular formula is C22H22N2O6. The van der Waals surface area contributed by atoms with Crippen molar-refractivity contribution in [2.75, 3.05) is 25.2 Å². The molecule has 1 heterocycles. The third-order valence-electron chi connectivity index (χ3n) is 4.33. The van der Waals surface area contributed by atoms with Gasteiger partial charge in [0.1, 0.15) is 22.8 Å². The van der Waals surface area contributed by atoms with Gasteiger partial charge in [-0.3, -0.25) is 14.9 Å². The van der Waals surface area contributed by atoms with Gasteiger partial charge in [0.25, 0.3) is 11.8 Å². The molecule has 1 N–H and O–H groups in total. The van der Waals surface area contributed by atoms with E-state index < -0.39 is 17.8 Å². The summed E-state index contributed by atoms with van der Waals surface area (Å²) in [6.45, 7) is 4.58. The normalized spacial score (nSPS) is 15.2. The van der Waals surface area contributed by atoms with E-state index in [1.807, 2.05) is 13.8 Å². The maximum absolute atomic E-state index is 13.0. The van der Waals surface area contributed by atoms with E-state index in [9.17, 15) is 14.4 Å². The molecule has 0 unspecified atom stereocenters. The number of nitrogens with zero attached hydrogens (tertiary/aromatic N) is 1. The average Bonchev–Trinajstić information content (AvgIpc) is 2.73. The molecule has 0 saturated carbocycles. The fourth-order valence-electron chi connectivity index (χ4n) is 2.95. The van der Waals surface area contributed by atoms with Crippen molar-refractivity contribution in [3.8, 4) is 17.2 Å². The van der Waals surface area contributed by atoms with Gasteiger partial charge in [0.2, 0.25) is 0 Å². The number of barbiturate groups is 1. The Labute approximate surface area is 174 Å². The highest BCUT2D eigenvalue weighted by Crippen LogP contribution is 2.29. The number of anilines is 1. The Balaban J connectivity index is 1.99. The molecule has 0 bridgehead atoms. The molecule has 2 aromatic carbocycles. The maximum Gasteiger partial charge on any atom is 0.335 e. The highest BCUT2D eigenvalue weighted by molar-refractivity contribution is 6.39. The number of ether oxygens (including phenoxy) is 3. The van der Waals surface area contributed by atoms with Crippen LogP contribution in [0.1, 0.15) is 19.4 Å². The van der Waals surface area contributed by atoms with Gasteiger partial charge in [0.05, 0.1) is 26.0 Å². The van der Waals surface area contributed by atoms with Gasteiger partial charge in [0.15, 0.2) is 0 Å². The van der Waals surface area contributed by atoms with Crippen molar-refractivity contribution < 1.29 is 28.6 Å². The zero-order valence-electron chi connectivity index (χ0n) is 16.9. The van der Waals surface area contributed by atoms with Gasteiger partial charge in [-0.05, 0) is 56.3 Å². The minimum absolute atomic E-state index is 0.185. The number of nitrogens with one attached hydrogen (secondary N) is 1. The van der Waals surface area contributed by atoms with E-state index in [4.69, 9.17) is 14.2 Å². The molecule has 156 valence electrons. The van der Waals surface area contributed by atoms with Crippen molar-refractivity contribution in [3.05, 3.63) is 53.6 Å². The molecule has 1 aliphatic heterocycles. The van der Waals surface area contributed by atoms with Crippen LogP contribution in [0.25, 0.3) is 6.08 Å². The molecular weight excluding hydrogens is 388 g/mol. The Bertz CT molecular complexity index is 997. The molecule has 1 fully saturated rings. The van der Waals surface area contributed by atoms with E-state index in [0.717, 1.165) is 4.90 Å². The topological polar surface area (TPSA) is 94.2 Å². The van der Waals surface area contributed by atoms with Crippen molar-refractivity contribution in [2.45, 2.75) is 13.8 Å². The SMILES string of the molecule is CCOc1ccc(C=C2C(=O)NC(=O)N(c3ccc(OC)cc3)C2=O)c(OCC)c1. The third-order valence-corrected chi connectivity index (χ3v) is 4.33. The lowest BCUT2D eigenvalue weighted by molar-refractivity contribution is -0.122. The van der Waals surface area contributed by atoms with Crippen LogP contribution in [0, 0.1) is 0 Å². The Morgan fingerprint density at radius 1 is 0.933 bits per heavy atom. The summed E-state index contributed by atoms with van der Waals surface area (Å²) in [6.07, 6.45) is 1.40. The summed E-state index contributed by atoms with van der Waals surface area (Å²) in [7, 11) is 1.51. The van der Waals surface area contributed by atoms with Crippen LogP contribution in [-0.4, -0.2) is 38.2 Å². The minimum atomic E-state index is -0.816. The fraction of sp³-hybridized carbons (Fsp3) is 0.227. The molecule has 1 aliphatic rings. The number of hydrogen-bond acceptors (Lipinski definition) is 6. The first-order valence-electron chi connectivity index (χ1n) is 9.43. The largest absolute Gasteiger partial charge is 0.497 e. The summed E-state index contributed by atoms with van der Waals surface area (Å²) in [5.41, 5.74) is 0.645. The molecule has 4 amide bonds. The van der Waals surface area contributed by atoms with Crippen molar-refractivity contribution in [3.63, 3.8) is 0 Å². The van der Waals surface area contributed by atoms with Crippen LogP contribution in [0.2, 0.25) is 0 Å². The van der Waals surface area contributed by atoms with Crippen LogP contribution in [0.4, 0.5) is 10.5 Å². The molecule has 8 nitrogen and oxygen atoms in total. The van der Waals surface area contributed by atoms with E-state index in [-0.39, 0.29) is 5.57 Å². The smallest absolute Gasteiger partial charge is 0.335 e. The standard InChI is InChI=1S/C22H22N2O6/c1-4-29-17-9-6-14(19(13-17)30-5-2)12-18-20(25)23-22(27)24(21(18)26)15-7-10-16(28-3)11-8-15/h6-13H,4-5H2,1-3H3,(H,23,25,27). The number of rotatable bonds is 7. The van der Waals surface area contributed by atoms with Gasteiger partial charge in [-0.1, -0.05) is 0 Å². The molecule has 3 rings (SSSR count). The lowest BCUT2D eigenvalue weighted by Gasteiger charge is -2.26. The Hall–Kier alpha value is -3.81. The number of methoxy groups -OCH3 is 1. The van der Waals surface area contributed by atoms with Crippen LogP contribution in [-0.2, 0) is 9.59 Å². The van der Waals surface area contributed by atoms with Crippen LogP contribution in [0.15, 0.2) is 48.0 Å². The fourth-order valence-corrected chi connectivity index (χ4v) is 2.95. The first-order chi connectivity index (χ1) is 14.5. The van der Waals surface area contributed by atoms with E-state index >= 15 is 0 Å². The van der Waals surface area contributed by atoms with Crippen molar-refractivity contribution >= 4 is 29.6 Å². The van der Waals surface area contributed by atoms with Crippen molar-refractivity contribution in [1.82, 2.24) is 5.32 Å². The molecule has 0 aromatic heterocycles. The lowest BCUT2D eigenvalue weighted by atomic mass is 10.1. The summed E-state index contributed by atoms with van der Waals surface area (Å²) >= 11 is 0. The summed E-state index contributed by atoms with van der Waals surface area (Å²) in [5.74, 6) is 0.143. The first-order valence-corrected chi connectivity index (χ1v) is 9.43. The van der Waals surface area contributed by atoms with E-state index in [0.29, 0.717) is 41.7 Å². The number of carbonyl (C=O) groups excluding carboxylic acids is 3. The van der Waals surface area contributed by atoms with Crippen LogP contribution in [0.3, 0.4) is 0 Å². The quantitative estimate of drug-likeness (QED) is 0.557. The Kier molecular flexibility index (Phi) is 6.36. The highest BCUT2D eigenvalue weighted by Gasteiger charge is 2.37. The van der Waals surface area contributed by atoms with Gasteiger partial charge >= 0.3 is 6.03 Å². The van der Waals surface area contributed by atoms with Gasteiger partial charge in [-0.2, -0.15) is 0 Å². The van der Waals surface area contributed by atoms with Gasteiger partial charge in [-0.25, -0.2) is 9.69 Å². The summed E-state index contributed by atoms with van der Waals surface area (Å²) in [4.78, 5) is 38.7. The predicted octanol–water partition coefficient (Wildman–Crippen LogP) is 3.16. The lowest BCUT2D eigenvalue weighted by Crippen LogP contribution is -2.54. The Morgan fingerprint density at radius 3 is 2.23 bits per heavy atom. The molecule has 2 aromatic rings. The zero-order valence-corrected chi connectivity index (χ0v) is 16.9. The first kappa shape index (κ1) is 20.9. The Morgan fingerprint density at radius 2 is 1.60 bits per heavy atom. The highest BCUT2D eigenvalue weighted by atomic mass is 16.5. The second kappa shape index (κ2) is 9.13. The number of carbonyl (C=O) groups is 3. The molecule has 0 spiro atoms. The second-order valence-electron chi connectivity index (χ2n) is 6.22. The summed E-state index contributed by atoms with van der Waals surface area (Å²) in [6, 6.07) is 10.7. The number of benzene rings is 2. The number of hydrogen-bond donors (Lipinski definition) is 1. The van der Waals surface area contributed by atoms with Crippen LogP contribution in [0.5, 0.6) is 17.2 Å².